The Kier molecular flexibility index (Phi) is 11.4. The summed E-state index contributed by atoms with van der Waals surface area (Å²) in [4.78, 5) is 26.3. The van der Waals surface area contributed by atoms with Crippen molar-refractivity contribution in [3.8, 4) is 0 Å². The number of halogens is 2. The monoisotopic (exact) mass is 454 g/mol. The van der Waals surface area contributed by atoms with Crippen molar-refractivity contribution < 1.29 is 14.3 Å². The highest BCUT2D eigenvalue weighted by Crippen LogP contribution is 2.08. The van der Waals surface area contributed by atoms with Crippen LogP contribution in [0.5, 0.6) is 0 Å². The smallest absolute Gasteiger partial charge is 0.374 e. The number of hydrogen-bond donors (Lipinski definition) is 2. The van der Waals surface area contributed by atoms with Crippen molar-refractivity contribution in [1.82, 2.24) is 15.3 Å². The van der Waals surface area contributed by atoms with Crippen LogP contribution >= 0.6 is 24.8 Å². The van der Waals surface area contributed by atoms with Crippen LogP contribution in [0.1, 0.15) is 11.1 Å². The van der Waals surface area contributed by atoms with Gasteiger partial charge in [0.1, 0.15) is 6.04 Å². The SMILES string of the molecule is Cl.Cl.N[C@H](Cc1ccccc1)C(=O)OC(=O)NN1CCN(Cc2ccccc2)CC1. The molecule has 164 valence electrons. The molecule has 7 nitrogen and oxygen atoms in total. The van der Waals surface area contributed by atoms with Crippen LogP contribution in [0.4, 0.5) is 4.79 Å². The van der Waals surface area contributed by atoms with Gasteiger partial charge in [0, 0.05) is 32.7 Å². The summed E-state index contributed by atoms with van der Waals surface area (Å²) < 4.78 is 4.84. The lowest BCUT2D eigenvalue weighted by Gasteiger charge is -2.34. The number of carbonyl (C=O) groups excluding carboxylic acids is 2. The number of piperazine rings is 1. The first-order valence-corrected chi connectivity index (χ1v) is 9.43. The highest BCUT2D eigenvalue weighted by Gasteiger charge is 2.23. The third-order valence-corrected chi connectivity index (χ3v) is 4.67. The van der Waals surface area contributed by atoms with E-state index in [1.165, 1.54) is 5.56 Å². The van der Waals surface area contributed by atoms with Crippen molar-refractivity contribution in [1.29, 1.82) is 0 Å². The van der Waals surface area contributed by atoms with Crippen molar-refractivity contribution in [2.45, 2.75) is 19.0 Å². The zero-order chi connectivity index (χ0) is 19.8. The van der Waals surface area contributed by atoms with Gasteiger partial charge in [0.05, 0.1) is 0 Å². The topological polar surface area (TPSA) is 87.9 Å². The minimum Gasteiger partial charge on any atom is -0.374 e. The van der Waals surface area contributed by atoms with E-state index in [-0.39, 0.29) is 24.8 Å². The fraction of sp³-hybridized carbons (Fsp3) is 0.333. The van der Waals surface area contributed by atoms with Gasteiger partial charge in [0.25, 0.3) is 0 Å². The first-order valence-electron chi connectivity index (χ1n) is 9.43. The van der Waals surface area contributed by atoms with E-state index in [1.807, 2.05) is 48.5 Å². The number of rotatable bonds is 6. The zero-order valence-corrected chi connectivity index (χ0v) is 18.2. The van der Waals surface area contributed by atoms with Gasteiger partial charge in [-0.15, -0.1) is 24.8 Å². The van der Waals surface area contributed by atoms with Crippen molar-refractivity contribution in [3.63, 3.8) is 0 Å². The number of benzene rings is 2. The average Bonchev–Trinajstić information content (AvgIpc) is 2.71. The van der Waals surface area contributed by atoms with E-state index in [9.17, 15) is 9.59 Å². The average molecular weight is 455 g/mol. The van der Waals surface area contributed by atoms with Crippen molar-refractivity contribution >= 4 is 36.9 Å². The molecule has 1 aliphatic heterocycles. The highest BCUT2D eigenvalue weighted by molar-refractivity contribution is 5.87. The molecule has 0 saturated carbocycles. The number of nitrogens with zero attached hydrogens (tertiary/aromatic N) is 2. The molecule has 1 heterocycles. The molecule has 3 rings (SSSR count). The van der Waals surface area contributed by atoms with Gasteiger partial charge < -0.3 is 10.5 Å². The first-order chi connectivity index (χ1) is 13.6. The normalized spacial score (nSPS) is 15.2. The lowest BCUT2D eigenvalue weighted by molar-refractivity contribution is -0.139. The summed E-state index contributed by atoms with van der Waals surface area (Å²) >= 11 is 0. The van der Waals surface area contributed by atoms with Gasteiger partial charge in [-0.05, 0) is 17.5 Å². The molecule has 0 spiro atoms. The van der Waals surface area contributed by atoms with Crippen LogP contribution in [0.15, 0.2) is 60.7 Å². The van der Waals surface area contributed by atoms with Crippen LogP contribution in [0.2, 0.25) is 0 Å². The molecule has 0 aliphatic carbocycles. The molecule has 2 aromatic rings. The number of hydrazine groups is 1. The van der Waals surface area contributed by atoms with Crippen molar-refractivity contribution in [2.24, 2.45) is 5.73 Å². The van der Waals surface area contributed by atoms with Gasteiger partial charge >= 0.3 is 12.1 Å². The zero-order valence-electron chi connectivity index (χ0n) is 16.6. The fourth-order valence-electron chi connectivity index (χ4n) is 3.13. The van der Waals surface area contributed by atoms with E-state index in [0.717, 1.165) is 25.2 Å². The number of carbonyl (C=O) groups is 2. The van der Waals surface area contributed by atoms with Gasteiger partial charge in [0.15, 0.2) is 0 Å². The molecule has 1 saturated heterocycles. The number of nitrogens with two attached hydrogens (primary N) is 1. The van der Waals surface area contributed by atoms with Gasteiger partial charge in [-0.1, -0.05) is 60.7 Å². The van der Waals surface area contributed by atoms with Crippen LogP contribution < -0.4 is 11.2 Å². The number of amides is 1. The second-order valence-corrected chi connectivity index (χ2v) is 6.87. The Morgan fingerprint density at radius 1 is 0.900 bits per heavy atom. The van der Waals surface area contributed by atoms with Gasteiger partial charge in [-0.25, -0.2) is 14.6 Å². The van der Waals surface area contributed by atoms with Crippen LogP contribution in [0.25, 0.3) is 0 Å². The molecule has 0 radical (unpaired) electrons. The van der Waals surface area contributed by atoms with Crippen molar-refractivity contribution in [3.05, 3.63) is 71.8 Å². The number of hydrogen-bond acceptors (Lipinski definition) is 6. The first kappa shape index (κ1) is 25.9. The molecule has 1 fully saturated rings. The number of esters is 1. The molecule has 0 aromatic heterocycles. The van der Waals surface area contributed by atoms with Gasteiger partial charge in [-0.3, -0.25) is 10.3 Å². The quantitative estimate of drug-likeness (QED) is 0.514. The highest BCUT2D eigenvalue weighted by atomic mass is 35.5. The largest absolute Gasteiger partial charge is 0.429 e. The van der Waals surface area contributed by atoms with Crippen LogP contribution in [-0.2, 0) is 22.5 Å². The van der Waals surface area contributed by atoms with E-state index in [1.54, 1.807) is 5.01 Å². The maximum absolute atomic E-state index is 12.0. The third kappa shape index (κ3) is 8.30. The second-order valence-electron chi connectivity index (χ2n) is 6.87. The number of nitrogens with one attached hydrogen (secondary N) is 1. The molecule has 1 atom stereocenters. The molecule has 0 unspecified atom stereocenters. The fourth-order valence-corrected chi connectivity index (χ4v) is 3.13. The van der Waals surface area contributed by atoms with Crippen LogP contribution in [-0.4, -0.2) is 54.2 Å². The minimum atomic E-state index is -0.879. The summed E-state index contributed by atoms with van der Waals surface area (Å²) in [6.45, 7) is 3.83. The molecule has 9 heteroatoms. The van der Waals surface area contributed by atoms with Gasteiger partial charge in [-0.2, -0.15) is 0 Å². The summed E-state index contributed by atoms with van der Waals surface area (Å²) in [5, 5.41) is 1.76. The maximum atomic E-state index is 12.0. The molecule has 1 aliphatic rings. The van der Waals surface area contributed by atoms with E-state index in [0.29, 0.717) is 19.5 Å². The molecule has 0 bridgehead atoms. The summed E-state index contributed by atoms with van der Waals surface area (Å²) in [7, 11) is 0. The molecular weight excluding hydrogens is 427 g/mol. The Morgan fingerprint density at radius 3 is 2.00 bits per heavy atom. The Labute approximate surface area is 189 Å². The number of ether oxygens (including phenoxy) is 1. The lowest BCUT2D eigenvalue weighted by Crippen LogP contribution is -2.54. The standard InChI is InChI=1S/C21H26N4O3.2ClH/c22-19(15-17-7-3-1-4-8-17)20(26)28-21(27)23-25-13-11-24(12-14-25)16-18-9-5-2-6-10-18;;/h1-10,19H,11-16,22H2,(H,23,27);2*1H/t19-;;/m1../s1. The third-order valence-electron chi connectivity index (χ3n) is 4.67. The predicted octanol–water partition coefficient (Wildman–Crippen LogP) is 2.39. The van der Waals surface area contributed by atoms with E-state index in [2.05, 4.69) is 22.5 Å². The summed E-state index contributed by atoms with van der Waals surface area (Å²) in [6, 6.07) is 18.8. The van der Waals surface area contributed by atoms with Crippen molar-refractivity contribution in [2.75, 3.05) is 26.2 Å². The van der Waals surface area contributed by atoms with Crippen LogP contribution in [0.3, 0.4) is 0 Å². The summed E-state index contributed by atoms with van der Waals surface area (Å²) in [5.41, 5.74) is 10.7. The summed E-state index contributed by atoms with van der Waals surface area (Å²) in [6.07, 6.45) is -0.463. The maximum Gasteiger partial charge on any atom is 0.429 e. The second kappa shape index (κ2) is 13.2. The van der Waals surface area contributed by atoms with Gasteiger partial charge in [0.2, 0.25) is 0 Å². The van der Waals surface area contributed by atoms with Crippen LogP contribution in [0, 0.1) is 0 Å². The lowest BCUT2D eigenvalue weighted by atomic mass is 10.1. The summed E-state index contributed by atoms with van der Waals surface area (Å²) in [5.74, 6) is -0.732. The Morgan fingerprint density at radius 2 is 1.43 bits per heavy atom. The molecule has 2 aromatic carbocycles. The Balaban J connectivity index is 0.00000225. The molecule has 30 heavy (non-hydrogen) atoms. The molecular formula is C21H28Cl2N4O3. The van der Waals surface area contributed by atoms with E-state index < -0.39 is 18.1 Å². The molecule has 1 amide bonds. The van der Waals surface area contributed by atoms with E-state index in [4.69, 9.17) is 10.5 Å². The predicted molar refractivity (Wildman–Crippen MR) is 121 cm³/mol. The Hall–Kier alpha value is -2.16. The Bertz CT molecular complexity index is 772. The van der Waals surface area contributed by atoms with E-state index >= 15 is 0 Å². The molecule has 3 N–H and O–H groups in total. The minimum absolute atomic E-state index is 0.